The van der Waals surface area contributed by atoms with Gasteiger partial charge >= 0.3 is 0 Å². The zero-order valence-electron chi connectivity index (χ0n) is 12.6. The van der Waals surface area contributed by atoms with Crippen LogP contribution in [-0.4, -0.2) is 15.9 Å². The third-order valence-electron chi connectivity index (χ3n) is 3.31. The van der Waals surface area contributed by atoms with Crippen molar-refractivity contribution in [3.63, 3.8) is 0 Å². The number of furan rings is 1. The van der Waals surface area contributed by atoms with E-state index >= 15 is 0 Å². The van der Waals surface area contributed by atoms with E-state index in [0.29, 0.717) is 23.8 Å². The molecule has 23 heavy (non-hydrogen) atoms. The average Bonchev–Trinajstić information content (AvgIpc) is 3.09. The predicted molar refractivity (Wildman–Crippen MR) is 86.4 cm³/mol. The number of anilines is 2. The zero-order chi connectivity index (χ0) is 16.1. The summed E-state index contributed by atoms with van der Waals surface area (Å²) in [6.45, 7) is 2.33. The summed E-state index contributed by atoms with van der Waals surface area (Å²) in [5.41, 5.74) is 2.42. The first-order chi connectivity index (χ1) is 11.2. The van der Waals surface area contributed by atoms with Crippen LogP contribution in [0.4, 0.5) is 11.6 Å². The normalized spacial score (nSPS) is 10.3. The summed E-state index contributed by atoms with van der Waals surface area (Å²) < 4.78 is 5.16. The van der Waals surface area contributed by atoms with Crippen LogP contribution < -0.4 is 10.6 Å². The van der Waals surface area contributed by atoms with Gasteiger partial charge in [0.1, 0.15) is 5.76 Å². The molecule has 1 aromatic carbocycles. The molecule has 1 amide bonds. The lowest BCUT2D eigenvalue weighted by Gasteiger charge is -2.08. The number of hydrogen-bond donors (Lipinski definition) is 2. The number of carbonyl (C=O) groups excluding carboxylic acids is 1. The maximum Gasteiger partial charge on any atom is 0.254 e. The molecule has 0 fully saturated rings. The standard InChI is InChI=1S/C17H16N4O2/c1-12-5-2-3-7-15(12)21-17-19-9-13(10-20-17)16(22)18-11-14-6-4-8-23-14/h2-10H,11H2,1H3,(H,18,22)(H,19,20,21). The number of aromatic nitrogens is 2. The Bertz CT molecular complexity index is 783. The molecular weight excluding hydrogens is 292 g/mol. The number of carbonyl (C=O) groups is 1. The van der Waals surface area contributed by atoms with Crippen molar-refractivity contribution in [2.45, 2.75) is 13.5 Å². The average molecular weight is 308 g/mol. The summed E-state index contributed by atoms with van der Waals surface area (Å²) in [5, 5.41) is 5.87. The maximum absolute atomic E-state index is 12.0. The van der Waals surface area contributed by atoms with E-state index in [-0.39, 0.29) is 5.91 Å². The van der Waals surface area contributed by atoms with Crippen LogP contribution in [0.2, 0.25) is 0 Å². The number of amides is 1. The quantitative estimate of drug-likeness (QED) is 0.757. The first-order valence-electron chi connectivity index (χ1n) is 7.17. The number of nitrogens with zero attached hydrogens (tertiary/aromatic N) is 2. The molecule has 0 saturated heterocycles. The summed E-state index contributed by atoms with van der Waals surface area (Å²) in [6.07, 6.45) is 4.55. The Labute approximate surface area is 133 Å². The number of rotatable bonds is 5. The van der Waals surface area contributed by atoms with Gasteiger partial charge in [-0.3, -0.25) is 4.79 Å². The second kappa shape index (κ2) is 6.74. The monoisotopic (exact) mass is 308 g/mol. The van der Waals surface area contributed by atoms with E-state index in [1.807, 2.05) is 31.2 Å². The second-order valence-corrected chi connectivity index (χ2v) is 5.00. The lowest BCUT2D eigenvalue weighted by molar-refractivity contribution is 0.0947. The molecule has 0 unspecified atom stereocenters. The van der Waals surface area contributed by atoms with Crippen molar-refractivity contribution in [1.82, 2.24) is 15.3 Å². The molecule has 0 spiro atoms. The topological polar surface area (TPSA) is 80.0 Å². The molecule has 0 saturated carbocycles. The smallest absolute Gasteiger partial charge is 0.254 e. The molecule has 2 aromatic heterocycles. The fraction of sp³-hybridized carbons (Fsp3) is 0.118. The molecule has 2 heterocycles. The Morgan fingerprint density at radius 2 is 1.91 bits per heavy atom. The van der Waals surface area contributed by atoms with Crippen LogP contribution in [-0.2, 0) is 6.54 Å². The molecule has 0 aliphatic heterocycles. The minimum absolute atomic E-state index is 0.246. The molecule has 0 bridgehead atoms. The van der Waals surface area contributed by atoms with Gasteiger partial charge in [0.05, 0.1) is 18.4 Å². The van der Waals surface area contributed by atoms with Crippen molar-refractivity contribution < 1.29 is 9.21 Å². The number of nitrogens with one attached hydrogen (secondary N) is 2. The molecular formula is C17H16N4O2. The summed E-state index contributed by atoms with van der Waals surface area (Å²) in [5.74, 6) is 0.892. The molecule has 3 aromatic rings. The number of benzene rings is 1. The Morgan fingerprint density at radius 3 is 2.61 bits per heavy atom. The van der Waals surface area contributed by atoms with Crippen molar-refractivity contribution in [3.05, 3.63) is 71.9 Å². The highest BCUT2D eigenvalue weighted by Gasteiger charge is 2.08. The second-order valence-electron chi connectivity index (χ2n) is 5.00. The predicted octanol–water partition coefficient (Wildman–Crippen LogP) is 3.05. The van der Waals surface area contributed by atoms with Gasteiger partial charge in [-0.15, -0.1) is 0 Å². The maximum atomic E-state index is 12.0. The molecule has 0 radical (unpaired) electrons. The first-order valence-corrected chi connectivity index (χ1v) is 7.17. The van der Waals surface area contributed by atoms with Crippen LogP contribution in [0.3, 0.4) is 0 Å². The lowest BCUT2D eigenvalue weighted by atomic mass is 10.2. The van der Waals surface area contributed by atoms with E-state index < -0.39 is 0 Å². The van der Waals surface area contributed by atoms with E-state index in [9.17, 15) is 4.79 Å². The van der Waals surface area contributed by atoms with Crippen molar-refractivity contribution >= 4 is 17.5 Å². The molecule has 2 N–H and O–H groups in total. The van der Waals surface area contributed by atoms with Gasteiger partial charge in [0.15, 0.2) is 0 Å². The van der Waals surface area contributed by atoms with Gasteiger partial charge in [0.2, 0.25) is 5.95 Å². The Morgan fingerprint density at radius 1 is 1.13 bits per heavy atom. The molecule has 6 heteroatoms. The van der Waals surface area contributed by atoms with E-state index in [1.165, 1.54) is 12.4 Å². The van der Waals surface area contributed by atoms with Crippen molar-refractivity contribution in [1.29, 1.82) is 0 Å². The lowest BCUT2D eigenvalue weighted by Crippen LogP contribution is -2.23. The van der Waals surface area contributed by atoms with Crippen LogP contribution in [0.15, 0.2) is 59.5 Å². The molecule has 6 nitrogen and oxygen atoms in total. The van der Waals surface area contributed by atoms with E-state index in [0.717, 1.165) is 11.3 Å². The Kier molecular flexibility index (Phi) is 4.33. The third-order valence-corrected chi connectivity index (χ3v) is 3.31. The van der Waals surface area contributed by atoms with Gasteiger partial charge in [-0.2, -0.15) is 0 Å². The Balaban J connectivity index is 1.62. The van der Waals surface area contributed by atoms with E-state index in [4.69, 9.17) is 4.42 Å². The zero-order valence-corrected chi connectivity index (χ0v) is 12.6. The van der Waals surface area contributed by atoms with Gasteiger partial charge < -0.3 is 15.1 Å². The van der Waals surface area contributed by atoms with E-state index in [1.54, 1.807) is 18.4 Å². The summed E-state index contributed by atoms with van der Waals surface area (Å²) in [7, 11) is 0. The molecule has 0 atom stereocenters. The number of hydrogen-bond acceptors (Lipinski definition) is 5. The fourth-order valence-corrected chi connectivity index (χ4v) is 2.03. The third kappa shape index (κ3) is 3.74. The van der Waals surface area contributed by atoms with Crippen LogP contribution in [0.5, 0.6) is 0 Å². The largest absolute Gasteiger partial charge is 0.467 e. The van der Waals surface area contributed by atoms with E-state index in [2.05, 4.69) is 20.6 Å². The first kappa shape index (κ1) is 14.8. The van der Waals surface area contributed by atoms with Gasteiger partial charge in [0, 0.05) is 18.1 Å². The van der Waals surface area contributed by atoms with Gasteiger partial charge in [-0.05, 0) is 30.7 Å². The Hall–Kier alpha value is -3.15. The highest BCUT2D eigenvalue weighted by atomic mass is 16.3. The van der Waals surface area contributed by atoms with Gasteiger partial charge in [-0.25, -0.2) is 9.97 Å². The SMILES string of the molecule is Cc1ccccc1Nc1ncc(C(=O)NCc2ccco2)cn1. The molecule has 116 valence electrons. The van der Waals surface area contributed by atoms with Crippen LogP contribution in [0.1, 0.15) is 21.7 Å². The van der Waals surface area contributed by atoms with Crippen molar-refractivity contribution in [2.24, 2.45) is 0 Å². The summed E-state index contributed by atoms with van der Waals surface area (Å²) in [6, 6.07) is 11.4. The number of aryl methyl sites for hydroxylation is 1. The van der Waals surface area contributed by atoms with Crippen molar-refractivity contribution in [3.8, 4) is 0 Å². The highest BCUT2D eigenvalue weighted by molar-refractivity contribution is 5.93. The van der Waals surface area contributed by atoms with Gasteiger partial charge in [0.25, 0.3) is 5.91 Å². The molecule has 0 aliphatic rings. The van der Waals surface area contributed by atoms with Crippen LogP contribution in [0, 0.1) is 6.92 Å². The molecule has 3 rings (SSSR count). The highest BCUT2D eigenvalue weighted by Crippen LogP contribution is 2.17. The van der Waals surface area contributed by atoms with Crippen molar-refractivity contribution in [2.75, 3.05) is 5.32 Å². The van der Waals surface area contributed by atoms with Gasteiger partial charge in [-0.1, -0.05) is 18.2 Å². The van der Waals surface area contributed by atoms with Crippen LogP contribution >= 0.6 is 0 Å². The minimum Gasteiger partial charge on any atom is -0.467 e. The summed E-state index contributed by atoms with van der Waals surface area (Å²) in [4.78, 5) is 20.4. The minimum atomic E-state index is -0.246. The number of para-hydroxylation sites is 1. The van der Waals surface area contributed by atoms with Crippen LogP contribution in [0.25, 0.3) is 0 Å². The summed E-state index contributed by atoms with van der Waals surface area (Å²) >= 11 is 0. The fourth-order valence-electron chi connectivity index (χ4n) is 2.03. The molecule has 0 aliphatic carbocycles.